The van der Waals surface area contributed by atoms with Gasteiger partial charge in [0.1, 0.15) is 12.1 Å². The summed E-state index contributed by atoms with van der Waals surface area (Å²) in [4.78, 5) is 50.5. The highest BCUT2D eigenvalue weighted by molar-refractivity contribution is 6.42. The minimum absolute atomic E-state index is 0.0764. The topological polar surface area (TPSA) is 203 Å². The second-order valence-corrected chi connectivity index (χ2v) is 8.87. The minimum Gasteiger partial charge on any atom is -0.475 e. The number of hydrogen-bond acceptors (Lipinski definition) is 5. The first-order valence-corrected chi connectivity index (χ1v) is 12.1. The number of alkyl halides is 3. The number of rotatable bonds is 11. The van der Waals surface area contributed by atoms with Crippen LogP contribution in [0, 0.1) is 0 Å². The summed E-state index contributed by atoms with van der Waals surface area (Å²) in [5.41, 5.74) is 17.2. The first-order chi connectivity index (χ1) is 18.6. The summed E-state index contributed by atoms with van der Waals surface area (Å²) in [6, 6.07) is 11.6. The summed E-state index contributed by atoms with van der Waals surface area (Å²) in [7, 11) is 0. The molecule has 0 radical (unpaired) electrons. The molecule has 0 fully saturated rings. The maximum Gasteiger partial charge on any atom is 0.490 e. The quantitative estimate of drug-likeness (QED) is 0.127. The van der Waals surface area contributed by atoms with E-state index in [0.29, 0.717) is 11.4 Å². The van der Waals surface area contributed by atoms with Gasteiger partial charge >= 0.3 is 12.1 Å². The SMILES string of the molecule is NC(=O)[C@H](Cc1ccccc1)NC(=O)[C@H](CCCN=C(N)N)NC(=O)c1ccc(Cl)c(Cl)c1.O=C(O)C(F)(F)F. The molecule has 2 aromatic carbocycles. The van der Waals surface area contributed by atoms with Crippen LogP contribution in [0.4, 0.5) is 13.2 Å². The maximum absolute atomic E-state index is 13.0. The number of nitrogens with one attached hydrogen (secondary N) is 2. The predicted molar refractivity (Wildman–Crippen MR) is 143 cm³/mol. The van der Waals surface area contributed by atoms with Crippen LogP contribution >= 0.6 is 23.2 Å². The Labute approximate surface area is 236 Å². The Bertz CT molecular complexity index is 1210. The van der Waals surface area contributed by atoms with Crippen molar-refractivity contribution in [2.45, 2.75) is 37.5 Å². The summed E-state index contributed by atoms with van der Waals surface area (Å²) in [5, 5.41) is 12.9. The molecule has 40 heavy (non-hydrogen) atoms. The van der Waals surface area contributed by atoms with E-state index in [9.17, 15) is 27.6 Å². The third-order valence-electron chi connectivity index (χ3n) is 4.93. The van der Waals surface area contributed by atoms with E-state index in [1.54, 1.807) is 0 Å². The van der Waals surface area contributed by atoms with Gasteiger partial charge in [-0.15, -0.1) is 0 Å². The van der Waals surface area contributed by atoms with Crippen LogP contribution in [-0.4, -0.2) is 59.6 Å². The zero-order valence-electron chi connectivity index (χ0n) is 20.8. The van der Waals surface area contributed by atoms with E-state index < -0.39 is 42.0 Å². The molecule has 0 saturated carbocycles. The molecule has 2 rings (SSSR count). The summed E-state index contributed by atoms with van der Waals surface area (Å²) >= 11 is 11.9. The monoisotopic (exact) mass is 606 g/mol. The van der Waals surface area contributed by atoms with Crippen LogP contribution in [0.15, 0.2) is 53.5 Å². The lowest BCUT2D eigenvalue weighted by Gasteiger charge is -2.22. The smallest absolute Gasteiger partial charge is 0.475 e. The van der Waals surface area contributed by atoms with Crippen molar-refractivity contribution in [3.63, 3.8) is 0 Å². The molecule has 0 aromatic heterocycles. The third kappa shape index (κ3) is 12.7. The fraction of sp³-hybridized carbons (Fsp3) is 0.292. The third-order valence-corrected chi connectivity index (χ3v) is 5.67. The summed E-state index contributed by atoms with van der Waals surface area (Å²) in [6.45, 7) is 0.262. The molecule has 2 aromatic rings. The highest BCUT2D eigenvalue weighted by Gasteiger charge is 2.38. The second-order valence-electron chi connectivity index (χ2n) is 8.06. The Kier molecular flexibility index (Phi) is 13.7. The average Bonchev–Trinajstić information content (AvgIpc) is 2.87. The van der Waals surface area contributed by atoms with E-state index in [1.165, 1.54) is 18.2 Å². The molecule has 0 spiro atoms. The number of hydrogen-bond donors (Lipinski definition) is 6. The van der Waals surface area contributed by atoms with Crippen LogP contribution in [0.3, 0.4) is 0 Å². The van der Waals surface area contributed by atoms with E-state index in [0.717, 1.165) is 5.56 Å². The van der Waals surface area contributed by atoms with Gasteiger partial charge < -0.3 is 32.9 Å². The molecular formula is C24H27Cl2F3N6O5. The molecule has 0 heterocycles. The Hall–Kier alpha value is -4.04. The maximum atomic E-state index is 13.0. The van der Waals surface area contributed by atoms with Crippen molar-refractivity contribution in [2.75, 3.05) is 6.54 Å². The molecule has 0 aliphatic rings. The molecule has 2 atom stereocenters. The first-order valence-electron chi connectivity index (χ1n) is 11.4. The van der Waals surface area contributed by atoms with Gasteiger partial charge in [0.15, 0.2) is 5.96 Å². The Morgan fingerprint density at radius 3 is 2.02 bits per heavy atom. The number of primary amides is 1. The minimum atomic E-state index is -5.08. The number of benzene rings is 2. The van der Waals surface area contributed by atoms with Gasteiger partial charge in [-0.1, -0.05) is 53.5 Å². The highest BCUT2D eigenvalue weighted by atomic mass is 35.5. The number of nitrogens with zero attached hydrogens (tertiary/aromatic N) is 1. The van der Waals surface area contributed by atoms with Crippen LogP contribution < -0.4 is 27.8 Å². The normalized spacial score (nSPS) is 12.1. The Morgan fingerprint density at radius 2 is 1.52 bits per heavy atom. The van der Waals surface area contributed by atoms with Gasteiger partial charge in [-0.3, -0.25) is 19.4 Å². The van der Waals surface area contributed by atoms with Crippen LogP contribution in [0.25, 0.3) is 0 Å². The van der Waals surface area contributed by atoms with Gasteiger partial charge in [0.05, 0.1) is 10.0 Å². The number of nitrogens with two attached hydrogens (primary N) is 3. The van der Waals surface area contributed by atoms with Gasteiger partial charge in [-0.2, -0.15) is 13.2 Å². The Morgan fingerprint density at radius 1 is 0.925 bits per heavy atom. The van der Waals surface area contributed by atoms with Gasteiger partial charge in [-0.05, 0) is 36.6 Å². The molecule has 3 amide bonds. The molecule has 0 aliphatic heterocycles. The van der Waals surface area contributed by atoms with Crippen molar-refractivity contribution in [2.24, 2.45) is 22.2 Å². The second kappa shape index (κ2) is 16.2. The van der Waals surface area contributed by atoms with Crippen molar-refractivity contribution >= 4 is 52.9 Å². The van der Waals surface area contributed by atoms with Gasteiger partial charge in [0.25, 0.3) is 5.91 Å². The molecule has 11 nitrogen and oxygen atoms in total. The summed E-state index contributed by atoms with van der Waals surface area (Å²) < 4.78 is 31.7. The number of carbonyl (C=O) groups excluding carboxylic acids is 3. The molecule has 0 bridgehead atoms. The van der Waals surface area contributed by atoms with Crippen molar-refractivity contribution in [1.82, 2.24) is 10.6 Å². The van der Waals surface area contributed by atoms with Crippen LogP contribution in [0.5, 0.6) is 0 Å². The van der Waals surface area contributed by atoms with E-state index in [2.05, 4.69) is 15.6 Å². The predicted octanol–water partition coefficient (Wildman–Crippen LogP) is 1.99. The van der Waals surface area contributed by atoms with E-state index in [1.807, 2.05) is 30.3 Å². The number of guanidine groups is 1. The van der Waals surface area contributed by atoms with E-state index >= 15 is 0 Å². The largest absolute Gasteiger partial charge is 0.490 e. The van der Waals surface area contributed by atoms with E-state index in [-0.39, 0.29) is 35.9 Å². The Balaban J connectivity index is 0.00000101. The summed E-state index contributed by atoms with van der Waals surface area (Å²) in [6.07, 6.45) is -4.26. The number of aliphatic imine (C=N–C) groups is 1. The van der Waals surface area contributed by atoms with Crippen LogP contribution in [-0.2, 0) is 20.8 Å². The number of carboxylic acids is 1. The zero-order valence-corrected chi connectivity index (χ0v) is 22.3. The average molecular weight is 607 g/mol. The lowest BCUT2D eigenvalue weighted by molar-refractivity contribution is -0.192. The van der Waals surface area contributed by atoms with Crippen molar-refractivity contribution < 1.29 is 37.5 Å². The van der Waals surface area contributed by atoms with Gasteiger partial charge in [0, 0.05) is 18.5 Å². The molecular weight excluding hydrogens is 580 g/mol. The van der Waals surface area contributed by atoms with E-state index in [4.69, 9.17) is 50.3 Å². The standard InChI is InChI=1S/C22H26Cl2N6O3.C2HF3O2/c23-15-9-8-14(12-16(15)24)20(32)29-17(7-4-10-28-22(26)27)21(33)30-18(19(25)31)11-13-5-2-1-3-6-13;3-2(4,5)1(6)7/h1-3,5-6,8-9,12,17-18H,4,7,10-11H2,(H2,25,31)(H,29,32)(H,30,33)(H4,26,27,28);(H,6,7)/t17-,18-;/m0./s1. The number of aliphatic carboxylic acids is 1. The highest BCUT2D eigenvalue weighted by Crippen LogP contribution is 2.22. The molecule has 218 valence electrons. The van der Waals surface area contributed by atoms with Gasteiger partial charge in [-0.25, -0.2) is 4.79 Å². The van der Waals surface area contributed by atoms with Crippen LogP contribution in [0.1, 0.15) is 28.8 Å². The summed E-state index contributed by atoms with van der Waals surface area (Å²) in [5.74, 6) is -4.62. The molecule has 0 unspecified atom stereocenters. The molecule has 0 aliphatic carbocycles. The number of carboxylic acid groups (broad SMARTS) is 1. The molecule has 9 N–H and O–H groups in total. The number of carbonyl (C=O) groups is 4. The van der Waals surface area contributed by atoms with Crippen molar-refractivity contribution in [3.05, 3.63) is 69.7 Å². The van der Waals surface area contributed by atoms with Crippen molar-refractivity contribution in [3.8, 4) is 0 Å². The first kappa shape index (κ1) is 34.0. The lowest BCUT2D eigenvalue weighted by atomic mass is 10.0. The molecule has 16 heteroatoms. The fourth-order valence-corrected chi connectivity index (χ4v) is 3.29. The van der Waals surface area contributed by atoms with Crippen molar-refractivity contribution in [1.29, 1.82) is 0 Å². The van der Waals surface area contributed by atoms with Crippen LogP contribution in [0.2, 0.25) is 10.0 Å². The molecule has 0 saturated heterocycles. The zero-order chi connectivity index (χ0) is 30.5. The lowest BCUT2D eigenvalue weighted by Crippen LogP contribution is -2.53. The number of halogens is 5. The number of amides is 3. The fourth-order valence-electron chi connectivity index (χ4n) is 3.00. The van der Waals surface area contributed by atoms with Gasteiger partial charge in [0.2, 0.25) is 11.8 Å².